The van der Waals surface area contributed by atoms with Crippen molar-refractivity contribution in [2.75, 3.05) is 0 Å². The number of halogens is 2. The molecular weight excluding hydrogens is 177 g/mol. The molecule has 0 aromatic carbocycles. The SMILES string of the molecule is O=C([O-])c1nccnc1C(F)F.[Li+]. The number of carboxylic acids is 1. The van der Waals surface area contributed by atoms with E-state index >= 15 is 0 Å². The molecular formula is C6H3F2LiN2O2. The fraction of sp³-hybridized carbons (Fsp3) is 0.167. The summed E-state index contributed by atoms with van der Waals surface area (Å²) in [5, 5.41) is 10.2. The molecule has 1 heterocycles. The second-order valence-electron chi connectivity index (χ2n) is 1.88. The van der Waals surface area contributed by atoms with Crippen molar-refractivity contribution in [2.24, 2.45) is 0 Å². The molecule has 64 valence electrons. The summed E-state index contributed by atoms with van der Waals surface area (Å²) < 4.78 is 24.0. The zero-order valence-corrected chi connectivity index (χ0v) is 6.70. The summed E-state index contributed by atoms with van der Waals surface area (Å²) >= 11 is 0. The first-order valence-corrected chi connectivity index (χ1v) is 2.93. The molecule has 0 saturated heterocycles. The smallest absolute Gasteiger partial charge is 0.543 e. The Morgan fingerprint density at radius 2 is 1.92 bits per heavy atom. The van der Waals surface area contributed by atoms with Gasteiger partial charge in [-0.2, -0.15) is 0 Å². The van der Waals surface area contributed by atoms with E-state index in [9.17, 15) is 18.7 Å². The third kappa shape index (κ3) is 2.75. The van der Waals surface area contributed by atoms with E-state index in [2.05, 4.69) is 9.97 Å². The normalized spacial score (nSPS) is 9.46. The average molecular weight is 180 g/mol. The summed E-state index contributed by atoms with van der Waals surface area (Å²) in [6, 6.07) is 0. The van der Waals surface area contributed by atoms with Crippen LogP contribution in [0.1, 0.15) is 22.6 Å². The zero-order chi connectivity index (χ0) is 9.14. The van der Waals surface area contributed by atoms with Crippen molar-refractivity contribution in [1.82, 2.24) is 9.97 Å². The molecule has 1 aromatic rings. The molecule has 0 bridgehead atoms. The van der Waals surface area contributed by atoms with Gasteiger partial charge < -0.3 is 9.90 Å². The van der Waals surface area contributed by atoms with E-state index in [0.717, 1.165) is 12.4 Å². The molecule has 0 fully saturated rings. The zero-order valence-electron chi connectivity index (χ0n) is 6.70. The van der Waals surface area contributed by atoms with Crippen LogP contribution in [0.3, 0.4) is 0 Å². The van der Waals surface area contributed by atoms with Crippen LogP contribution in [0.25, 0.3) is 0 Å². The van der Waals surface area contributed by atoms with Crippen LogP contribution in [-0.2, 0) is 0 Å². The Bertz CT molecular complexity index is 308. The molecule has 0 radical (unpaired) electrons. The third-order valence-corrected chi connectivity index (χ3v) is 1.13. The molecule has 0 aliphatic rings. The minimum atomic E-state index is -2.95. The Hall–Kier alpha value is -0.993. The maximum Gasteiger partial charge on any atom is 1.00 e. The molecule has 4 nitrogen and oxygen atoms in total. The molecule has 0 saturated carbocycles. The molecule has 0 atom stereocenters. The minimum Gasteiger partial charge on any atom is -0.543 e. The predicted octanol–water partition coefficient (Wildman–Crippen LogP) is -3.22. The van der Waals surface area contributed by atoms with E-state index in [1.165, 1.54) is 0 Å². The van der Waals surface area contributed by atoms with Gasteiger partial charge in [0.05, 0.1) is 5.97 Å². The first-order valence-electron chi connectivity index (χ1n) is 2.93. The quantitative estimate of drug-likeness (QED) is 0.449. The molecule has 1 aromatic heterocycles. The predicted molar refractivity (Wildman–Crippen MR) is 31.3 cm³/mol. The summed E-state index contributed by atoms with van der Waals surface area (Å²) in [4.78, 5) is 16.5. The van der Waals surface area contributed by atoms with Crippen molar-refractivity contribution in [3.05, 3.63) is 23.8 Å². The maximum atomic E-state index is 12.0. The summed E-state index contributed by atoms with van der Waals surface area (Å²) in [7, 11) is 0. The van der Waals surface area contributed by atoms with Crippen molar-refractivity contribution in [3.8, 4) is 0 Å². The fourth-order valence-electron chi connectivity index (χ4n) is 0.666. The number of nitrogens with zero attached hydrogens (tertiary/aromatic N) is 2. The summed E-state index contributed by atoms with van der Waals surface area (Å²) in [5.41, 5.74) is -1.68. The fourth-order valence-corrected chi connectivity index (χ4v) is 0.666. The van der Waals surface area contributed by atoms with Crippen LogP contribution in [0.5, 0.6) is 0 Å². The molecule has 0 amide bonds. The van der Waals surface area contributed by atoms with Gasteiger partial charge in [0, 0.05) is 12.4 Å². The van der Waals surface area contributed by atoms with Crippen LogP contribution in [0.4, 0.5) is 8.78 Å². The molecule has 7 heteroatoms. The van der Waals surface area contributed by atoms with Gasteiger partial charge in [0.1, 0.15) is 11.4 Å². The first kappa shape index (κ1) is 12.0. The van der Waals surface area contributed by atoms with Gasteiger partial charge in [-0.1, -0.05) is 0 Å². The number of carboxylic acid groups (broad SMARTS) is 1. The number of alkyl halides is 2. The average Bonchev–Trinajstić information content (AvgIpc) is 2.04. The summed E-state index contributed by atoms with van der Waals surface area (Å²) in [6.07, 6.45) is -0.947. The molecule has 13 heavy (non-hydrogen) atoms. The van der Waals surface area contributed by atoms with Gasteiger partial charge in [0.15, 0.2) is 0 Å². The van der Waals surface area contributed by atoms with E-state index in [-0.39, 0.29) is 18.9 Å². The summed E-state index contributed by atoms with van der Waals surface area (Å²) in [5.74, 6) is -1.75. The second kappa shape index (κ2) is 4.89. The number of carbonyl (C=O) groups excluding carboxylic acids is 1. The topological polar surface area (TPSA) is 65.9 Å². The third-order valence-electron chi connectivity index (χ3n) is 1.13. The Morgan fingerprint density at radius 3 is 2.31 bits per heavy atom. The van der Waals surface area contributed by atoms with E-state index in [4.69, 9.17) is 0 Å². The van der Waals surface area contributed by atoms with E-state index in [0.29, 0.717) is 0 Å². The monoisotopic (exact) mass is 180 g/mol. The van der Waals surface area contributed by atoms with Gasteiger partial charge in [0.2, 0.25) is 0 Å². The van der Waals surface area contributed by atoms with Gasteiger partial charge in [-0.3, -0.25) is 9.97 Å². The second-order valence-corrected chi connectivity index (χ2v) is 1.88. The largest absolute Gasteiger partial charge is 1.00 e. The number of hydrogen-bond acceptors (Lipinski definition) is 4. The van der Waals surface area contributed by atoms with Gasteiger partial charge >= 0.3 is 18.9 Å². The van der Waals surface area contributed by atoms with Gasteiger partial charge in [0.25, 0.3) is 6.43 Å². The van der Waals surface area contributed by atoms with Crippen molar-refractivity contribution in [3.63, 3.8) is 0 Å². The van der Waals surface area contributed by atoms with Gasteiger partial charge in [-0.25, -0.2) is 8.78 Å². The molecule has 0 unspecified atom stereocenters. The van der Waals surface area contributed by atoms with Crippen LogP contribution in [-0.4, -0.2) is 15.9 Å². The molecule has 0 N–H and O–H groups in total. The molecule has 1 rings (SSSR count). The van der Waals surface area contributed by atoms with E-state index in [1.807, 2.05) is 0 Å². The summed E-state index contributed by atoms with van der Waals surface area (Å²) in [6.45, 7) is 0. The van der Waals surface area contributed by atoms with Crippen LogP contribution < -0.4 is 24.0 Å². The Kier molecular flexibility index (Phi) is 4.52. The standard InChI is InChI=1S/C6H4F2N2O2.Li/c7-5(8)3-4(6(11)12)10-2-1-9-3;/h1-2,5H,(H,11,12);/q;+1/p-1. The van der Waals surface area contributed by atoms with Crippen LogP contribution in [0, 0.1) is 0 Å². The van der Waals surface area contributed by atoms with Crippen LogP contribution in [0.15, 0.2) is 12.4 Å². The number of aromatic nitrogens is 2. The Balaban J connectivity index is 0.00000144. The van der Waals surface area contributed by atoms with Crippen LogP contribution >= 0.6 is 0 Å². The minimum absolute atomic E-state index is 0. The van der Waals surface area contributed by atoms with E-state index in [1.54, 1.807) is 0 Å². The first-order chi connectivity index (χ1) is 5.63. The number of rotatable bonds is 2. The Morgan fingerprint density at radius 1 is 1.38 bits per heavy atom. The number of aromatic carboxylic acids is 1. The van der Waals surface area contributed by atoms with Crippen LogP contribution in [0.2, 0.25) is 0 Å². The molecule has 0 aliphatic heterocycles. The molecule has 0 aliphatic carbocycles. The van der Waals surface area contributed by atoms with Crippen molar-refractivity contribution < 1.29 is 37.5 Å². The van der Waals surface area contributed by atoms with E-state index < -0.39 is 23.8 Å². The number of hydrogen-bond donors (Lipinski definition) is 0. The van der Waals surface area contributed by atoms with Gasteiger partial charge in [-0.05, 0) is 0 Å². The number of carbonyl (C=O) groups is 1. The van der Waals surface area contributed by atoms with Gasteiger partial charge in [-0.15, -0.1) is 0 Å². The van der Waals surface area contributed by atoms with Crippen molar-refractivity contribution >= 4 is 5.97 Å². The van der Waals surface area contributed by atoms with Crippen molar-refractivity contribution in [1.29, 1.82) is 0 Å². The maximum absolute atomic E-state index is 12.0. The Labute approximate surface area is 84.2 Å². The van der Waals surface area contributed by atoms with Crippen molar-refractivity contribution in [2.45, 2.75) is 6.43 Å². The molecule has 0 spiro atoms.